The number of nitrogens with zero attached hydrogens (tertiary/aromatic N) is 1. The van der Waals surface area contributed by atoms with Crippen molar-refractivity contribution in [3.63, 3.8) is 0 Å². The average Bonchev–Trinajstić information content (AvgIpc) is 2.79. The van der Waals surface area contributed by atoms with Crippen molar-refractivity contribution in [1.29, 1.82) is 0 Å². The Kier molecular flexibility index (Phi) is 7.63. The molecule has 3 aromatic carbocycles. The predicted octanol–water partition coefficient (Wildman–Crippen LogP) is 5.14. The van der Waals surface area contributed by atoms with Crippen LogP contribution >= 0.6 is 11.6 Å². The van der Waals surface area contributed by atoms with E-state index < -0.39 is 6.04 Å². The Balaban J connectivity index is 1.90. The lowest BCUT2D eigenvalue weighted by molar-refractivity contribution is -0.141. The lowest BCUT2D eigenvalue weighted by Crippen LogP contribution is -2.43. The number of nitrogens with one attached hydrogen (secondary N) is 1. The summed E-state index contributed by atoms with van der Waals surface area (Å²) in [4.78, 5) is 27.9. The Morgan fingerprint density at radius 3 is 2.13 bits per heavy atom. The van der Waals surface area contributed by atoms with Crippen LogP contribution in [0.4, 0.5) is 0 Å². The first-order valence-corrected chi connectivity index (χ1v) is 10.4. The highest BCUT2D eigenvalue weighted by molar-refractivity contribution is 6.31. The number of carbonyl (C=O) groups is 2. The molecule has 0 aliphatic carbocycles. The fourth-order valence-electron chi connectivity index (χ4n) is 3.34. The number of halogens is 1. The molecular weight excluding hydrogens is 396 g/mol. The molecular formula is C25H25ClN2O2. The second kappa shape index (κ2) is 10.6. The summed E-state index contributed by atoms with van der Waals surface area (Å²) >= 11 is 6.23. The van der Waals surface area contributed by atoms with E-state index in [4.69, 9.17) is 11.6 Å². The van der Waals surface area contributed by atoms with Crippen LogP contribution in [0.3, 0.4) is 0 Å². The molecule has 0 saturated heterocycles. The monoisotopic (exact) mass is 420 g/mol. The number of hydrogen-bond acceptors (Lipinski definition) is 2. The van der Waals surface area contributed by atoms with Gasteiger partial charge in [0.1, 0.15) is 6.04 Å². The Labute approximate surface area is 182 Å². The van der Waals surface area contributed by atoms with Crippen molar-refractivity contribution in [2.24, 2.45) is 0 Å². The summed E-state index contributed by atoms with van der Waals surface area (Å²) in [6.45, 7) is 2.46. The summed E-state index contributed by atoms with van der Waals surface area (Å²) in [5.41, 5.74) is 2.57. The van der Waals surface area contributed by atoms with E-state index in [1.54, 1.807) is 11.0 Å². The number of amides is 2. The van der Waals surface area contributed by atoms with Crippen LogP contribution in [0.15, 0.2) is 84.9 Å². The zero-order valence-electron chi connectivity index (χ0n) is 16.9. The zero-order chi connectivity index (χ0) is 21.3. The average molecular weight is 421 g/mol. The van der Waals surface area contributed by atoms with Crippen molar-refractivity contribution in [3.05, 3.63) is 107 Å². The van der Waals surface area contributed by atoms with E-state index in [0.717, 1.165) is 16.7 Å². The minimum Gasteiger partial charge on any atom is -0.350 e. The van der Waals surface area contributed by atoms with Crippen LogP contribution in [0.25, 0.3) is 0 Å². The Hall–Kier alpha value is -3.11. The summed E-state index contributed by atoms with van der Waals surface area (Å²) in [6, 6.07) is 25.8. The van der Waals surface area contributed by atoms with Crippen LogP contribution in [0, 0.1) is 0 Å². The molecule has 5 heteroatoms. The highest BCUT2D eigenvalue weighted by Crippen LogP contribution is 2.25. The highest BCUT2D eigenvalue weighted by atomic mass is 35.5. The van der Waals surface area contributed by atoms with Gasteiger partial charge in [-0.25, -0.2) is 0 Å². The van der Waals surface area contributed by atoms with Gasteiger partial charge in [0, 0.05) is 24.5 Å². The summed E-state index contributed by atoms with van der Waals surface area (Å²) in [6.07, 6.45) is 0.313. The van der Waals surface area contributed by atoms with Gasteiger partial charge in [0.05, 0.1) is 0 Å². The quantitative estimate of drug-likeness (QED) is 0.548. The smallest absolute Gasteiger partial charge is 0.247 e. The minimum absolute atomic E-state index is 0.0828. The van der Waals surface area contributed by atoms with E-state index in [0.29, 0.717) is 24.5 Å². The van der Waals surface area contributed by atoms with Crippen molar-refractivity contribution >= 4 is 23.4 Å². The lowest BCUT2D eigenvalue weighted by Gasteiger charge is -2.31. The number of hydrogen-bond donors (Lipinski definition) is 1. The Morgan fingerprint density at radius 2 is 1.50 bits per heavy atom. The first-order valence-electron chi connectivity index (χ1n) is 9.99. The molecule has 0 unspecified atom stereocenters. The lowest BCUT2D eigenvalue weighted by atomic mass is 10.0. The van der Waals surface area contributed by atoms with Crippen molar-refractivity contribution in [2.75, 3.05) is 0 Å². The van der Waals surface area contributed by atoms with Crippen molar-refractivity contribution < 1.29 is 9.59 Å². The van der Waals surface area contributed by atoms with Gasteiger partial charge in [-0.1, -0.05) is 97.4 Å². The third-order valence-corrected chi connectivity index (χ3v) is 5.27. The molecule has 0 bridgehead atoms. The van der Waals surface area contributed by atoms with Crippen LogP contribution in [0.5, 0.6) is 0 Å². The molecule has 1 atom stereocenters. The molecule has 3 aromatic rings. The van der Waals surface area contributed by atoms with Crippen LogP contribution in [0.1, 0.15) is 36.1 Å². The third kappa shape index (κ3) is 5.49. The Bertz CT molecular complexity index is 977. The standard InChI is InChI=1S/C25H25ClN2O2/c1-2-23(29)28(18-19-11-5-3-6-12-19)24(20-13-7-4-8-14-20)25(30)27-17-21-15-9-10-16-22(21)26/h3-16,24H,2,17-18H2,1H3,(H,27,30)/t24-/m1/s1. The molecule has 0 fully saturated rings. The number of rotatable bonds is 8. The van der Waals surface area contributed by atoms with Crippen LogP contribution in [-0.4, -0.2) is 16.7 Å². The van der Waals surface area contributed by atoms with Gasteiger partial charge >= 0.3 is 0 Å². The predicted molar refractivity (Wildman–Crippen MR) is 120 cm³/mol. The minimum atomic E-state index is -0.735. The molecule has 0 aliphatic heterocycles. The van der Waals surface area contributed by atoms with Crippen molar-refractivity contribution in [2.45, 2.75) is 32.5 Å². The summed E-state index contributed by atoms with van der Waals surface area (Å²) in [7, 11) is 0. The van der Waals surface area contributed by atoms with E-state index in [9.17, 15) is 9.59 Å². The van der Waals surface area contributed by atoms with Gasteiger partial charge in [0.2, 0.25) is 11.8 Å². The molecule has 4 nitrogen and oxygen atoms in total. The maximum Gasteiger partial charge on any atom is 0.247 e. The molecule has 1 N–H and O–H groups in total. The number of carbonyl (C=O) groups excluding carboxylic acids is 2. The largest absolute Gasteiger partial charge is 0.350 e. The molecule has 0 saturated carbocycles. The first kappa shape index (κ1) is 21.6. The second-order valence-corrected chi connectivity index (χ2v) is 7.39. The van der Waals surface area contributed by atoms with Gasteiger partial charge in [-0.2, -0.15) is 0 Å². The van der Waals surface area contributed by atoms with Crippen molar-refractivity contribution in [3.8, 4) is 0 Å². The van der Waals surface area contributed by atoms with Crippen LogP contribution in [-0.2, 0) is 22.7 Å². The second-order valence-electron chi connectivity index (χ2n) is 6.98. The molecule has 0 radical (unpaired) electrons. The van der Waals surface area contributed by atoms with E-state index in [1.807, 2.05) is 85.8 Å². The first-order chi connectivity index (χ1) is 14.6. The van der Waals surface area contributed by atoms with Gasteiger partial charge in [0.15, 0.2) is 0 Å². The van der Waals surface area contributed by atoms with Gasteiger partial charge < -0.3 is 10.2 Å². The van der Waals surface area contributed by atoms with Gasteiger partial charge in [0.25, 0.3) is 0 Å². The van der Waals surface area contributed by atoms with E-state index in [2.05, 4.69) is 5.32 Å². The highest BCUT2D eigenvalue weighted by Gasteiger charge is 2.30. The maximum absolute atomic E-state index is 13.3. The fraction of sp³-hybridized carbons (Fsp3) is 0.200. The molecule has 0 spiro atoms. The third-order valence-electron chi connectivity index (χ3n) is 4.90. The SMILES string of the molecule is CCC(=O)N(Cc1ccccc1)[C@@H](C(=O)NCc1ccccc1Cl)c1ccccc1. The van der Waals surface area contributed by atoms with E-state index in [-0.39, 0.29) is 11.8 Å². The van der Waals surface area contributed by atoms with Gasteiger partial charge in [-0.3, -0.25) is 9.59 Å². The fourth-order valence-corrected chi connectivity index (χ4v) is 3.54. The molecule has 3 rings (SSSR count). The van der Waals surface area contributed by atoms with E-state index in [1.165, 1.54) is 0 Å². The van der Waals surface area contributed by atoms with Crippen LogP contribution < -0.4 is 5.32 Å². The summed E-state index contributed by atoms with van der Waals surface area (Å²) in [5.74, 6) is -0.320. The topological polar surface area (TPSA) is 49.4 Å². The molecule has 0 aromatic heterocycles. The molecule has 0 aliphatic rings. The maximum atomic E-state index is 13.3. The van der Waals surface area contributed by atoms with Gasteiger partial charge in [-0.05, 0) is 22.8 Å². The molecule has 0 heterocycles. The van der Waals surface area contributed by atoms with Crippen molar-refractivity contribution in [1.82, 2.24) is 10.2 Å². The summed E-state index contributed by atoms with van der Waals surface area (Å²) < 4.78 is 0. The molecule has 2 amide bonds. The normalized spacial score (nSPS) is 11.5. The molecule has 154 valence electrons. The van der Waals surface area contributed by atoms with Crippen LogP contribution in [0.2, 0.25) is 5.02 Å². The van der Waals surface area contributed by atoms with Gasteiger partial charge in [-0.15, -0.1) is 0 Å². The summed E-state index contributed by atoms with van der Waals surface area (Å²) in [5, 5.41) is 3.56. The molecule has 30 heavy (non-hydrogen) atoms. The van der Waals surface area contributed by atoms with E-state index >= 15 is 0 Å². The zero-order valence-corrected chi connectivity index (χ0v) is 17.7. The Morgan fingerprint density at radius 1 is 0.900 bits per heavy atom. The number of benzene rings is 3.